The van der Waals surface area contributed by atoms with Crippen molar-refractivity contribution in [2.24, 2.45) is 0 Å². The number of hydrogen-bond acceptors (Lipinski definition) is 1. The Morgan fingerprint density at radius 3 is 2.31 bits per heavy atom. The first kappa shape index (κ1) is 11.4. The molecular weight excluding hydrogens is 264 g/mol. The van der Waals surface area contributed by atoms with Gasteiger partial charge in [0.05, 0.1) is 0 Å². The summed E-state index contributed by atoms with van der Waals surface area (Å²) in [5, 5.41) is 0. The highest BCUT2D eigenvalue weighted by Gasteiger charge is 2.20. The molecule has 0 aliphatic carbocycles. The maximum Gasteiger partial charge on any atom is 0.118 e. The highest BCUT2D eigenvalue weighted by molar-refractivity contribution is 9.10. The third-order valence-electron chi connectivity index (χ3n) is 2.42. The van der Waals surface area contributed by atoms with Gasteiger partial charge in [-0.3, -0.25) is 0 Å². The summed E-state index contributed by atoms with van der Waals surface area (Å²) in [7, 11) is 0. The van der Waals surface area contributed by atoms with Crippen molar-refractivity contribution < 1.29 is 0 Å². The molecule has 2 aromatic rings. The number of benzene rings is 1. The van der Waals surface area contributed by atoms with Crippen molar-refractivity contribution >= 4 is 15.9 Å². The van der Waals surface area contributed by atoms with E-state index in [1.54, 1.807) is 0 Å². The van der Waals surface area contributed by atoms with Gasteiger partial charge in [-0.05, 0) is 24.3 Å². The third-order valence-corrected chi connectivity index (χ3v) is 2.95. The Balaban J connectivity index is 2.49. The zero-order valence-electron chi connectivity index (χ0n) is 9.74. The van der Waals surface area contributed by atoms with E-state index in [0.29, 0.717) is 0 Å². The van der Waals surface area contributed by atoms with E-state index in [0.717, 1.165) is 16.0 Å². The average Bonchev–Trinajstić information content (AvgIpc) is 2.66. The molecule has 3 heteroatoms. The van der Waals surface area contributed by atoms with Crippen molar-refractivity contribution in [3.8, 4) is 5.69 Å². The van der Waals surface area contributed by atoms with Crippen LogP contribution in [-0.2, 0) is 5.41 Å². The van der Waals surface area contributed by atoms with Crippen LogP contribution in [-0.4, -0.2) is 9.55 Å². The van der Waals surface area contributed by atoms with Gasteiger partial charge in [-0.15, -0.1) is 0 Å². The van der Waals surface area contributed by atoms with Crippen LogP contribution < -0.4 is 0 Å². The molecule has 0 aliphatic heterocycles. The van der Waals surface area contributed by atoms with Crippen LogP contribution in [0.25, 0.3) is 5.69 Å². The maximum atomic E-state index is 4.44. The average molecular weight is 279 g/mol. The zero-order chi connectivity index (χ0) is 11.8. The van der Waals surface area contributed by atoms with Gasteiger partial charge in [0.1, 0.15) is 5.82 Å². The largest absolute Gasteiger partial charge is 0.303 e. The second-order valence-electron chi connectivity index (χ2n) is 4.85. The standard InChI is InChI=1S/C13H15BrN2/c1-13(2,3)12-15-8-9-16(12)11-6-4-10(14)5-7-11/h4-9H,1-3H3. The molecule has 0 unspecified atom stereocenters. The van der Waals surface area contributed by atoms with E-state index in [-0.39, 0.29) is 5.41 Å². The molecule has 2 nitrogen and oxygen atoms in total. The van der Waals surface area contributed by atoms with Crippen LogP contribution in [0.15, 0.2) is 41.1 Å². The summed E-state index contributed by atoms with van der Waals surface area (Å²) in [6.45, 7) is 6.51. The molecule has 0 atom stereocenters. The van der Waals surface area contributed by atoms with E-state index in [1.807, 2.05) is 24.5 Å². The van der Waals surface area contributed by atoms with Crippen LogP contribution >= 0.6 is 15.9 Å². The predicted molar refractivity (Wildman–Crippen MR) is 70.0 cm³/mol. The first-order valence-corrected chi connectivity index (χ1v) is 6.07. The summed E-state index contributed by atoms with van der Waals surface area (Å²) >= 11 is 3.44. The topological polar surface area (TPSA) is 17.8 Å². The molecule has 0 radical (unpaired) electrons. The Labute approximate surface area is 104 Å². The quantitative estimate of drug-likeness (QED) is 0.773. The summed E-state index contributed by atoms with van der Waals surface area (Å²) in [4.78, 5) is 4.44. The molecule has 0 saturated heterocycles. The van der Waals surface area contributed by atoms with Crippen molar-refractivity contribution in [2.45, 2.75) is 26.2 Å². The first-order chi connectivity index (χ1) is 7.48. The lowest BCUT2D eigenvalue weighted by Gasteiger charge is -2.19. The van der Waals surface area contributed by atoms with Gasteiger partial charge in [-0.25, -0.2) is 4.98 Å². The summed E-state index contributed by atoms with van der Waals surface area (Å²) in [5.41, 5.74) is 1.20. The summed E-state index contributed by atoms with van der Waals surface area (Å²) in [6, 6.07) is 8.26. The molecule has 0 fully saturated rings. The number of halogens is 1. The highest BCUT2D eigenvalue weighted by Crippen LogP contribution is 2.24. The fourth-order valence-corrected chi connectivity index (χ4v) is 1.93. The van der Waals surface area contributed by atoms with E-state index in [2.05, 4.69) is 58.4 Å². The van der Waals surface area contributed by atoms with Crippen molar-refractivity contribution in [3.05, 3.63) is 47.0 Å². The molecule has 0 spiro atoms. The van der Waals surface area contributed by atoms with Crippen LogP contribution in [0.4, 0.5) is 0 Å². The third kappa shape index (κ3) is 2.19. The van der Waals surface area contributed by atoms with Gasteiger partial charge in [0.15, 0.2) is 0 Å². The van der Waals surface area contributed by atoms with E-state index in [1.165, 1.54) is 0 Å². The Hall–Kier alpha value is -1.09. The van der Waals surface area contributed by atoms with Gasteiger partial charge in [-0.1, -0.05) is 36.7 Å². The normalized spacial score (nSPS) is 11.8. The van der Waals surface area contributed by atoms with Gasteiger partial charge in [0, 0.05) is 28.0 Å². The van der Waals surface area contributed by atoms with Crippen LogP contribution in [0.5, 0.6) is 0 Å². The SMILES string of the molecule is CC(C)(C)c1nccn1-c1ccc(Br)cc1. The molecule has 2 rings (SSSR count). The Bertz CT molecular complexity index is 477. The Kier molecular flexibility index (Phi) is 2.89. The molecule has 0 N–H and O–H groups in total. The van der Waals surface area contributed by atoms with Gasteiger partial charge in [0.25, 0.3) is 0 Å². The minimum atomic E-state index is 0.0522. The lowest BCUT2D eigenvalue weighted by molar-refractivity contribution is 0.536. The van der Waals surface area contributed by atoms with Crippen molar-refractivity contribution in [1.82, 2.24) is 9.55 Å². The molecule has 84 valence electrons. The smallest absolute Gasteiger partial charge is 0.118 e. The molecule has 16 heavy (non-hydrogen) atoms. The molecule has 1 heterocycles. The second kappa shape index (κ2) is 4.06. The maximum absolute atomic E-state index is 4.44. The fourth-order valence-electron chi connectivity index (χ4n) is 1.67. The van der Waals surface area contributed by atoms with Crippen LogP contribution in [0.1, 0.15) is 26.6 Å². The van der Waals surface area contributed by atoms with E-state index >= 15 is 0 Å². The van der Waals surface area contributed by atoms with E-state index in [4.69, 9.17) is 0 Å². The first-order valence-electron chi connectivity index (χ1n) is 5.28. The van der Waals surface area contributed by atoms with Crippen molar-refractivity contribution in [3.63, 3.8) is 0 Å². The van der Waals surface area contributed by atoms with E-state index in [9.17, 15) is 0 Å². The summed E-state index contributed by atoms with van der Waals surface area (Å²) in [5.74, 6) is 1.08. The van der Waals surface area contributed by atoms with Gasteiger partial charge >= 0.3 is 0 Å². The minimum Gasteiger partial charge on any atom is -0.303 e. The number of nitrogens with zero attached hydrogens (tertiary/aromatic N) is 2. The second-order valence-corrected chi connectivity index (χ2v) is 5.76. The molecular formula is C13H15BrN2. The monoisotopic (exact) mass is 278 g/mol. The molecule has 0 bridgehead atoms. The molecule has 0 aliphatic rings. The lowest BCUT2D eigenvalue weighted by Crippen LogP contribution is -2.17. The number of rotatable bonds is 1. The van der Waals surface area contributed by atoms with Gasteiger partial charge < -0.3 is 4.57 Å². The molecule has 1 aromatic heterocycles. The van der Waals surface area contributed by atoms with E-state index < -0.39 is 0 Å². The Morgan fingerprint density at radius 1 is 1.12 bits per heavy atom. The summed E-state index contributed by atoms with van der Waals surface area (Å²) in [6.07, 6.45) is 3.85. The van der Waals surface area contributed by atoms with Gasteiger partial charge in [0.2, 0.25) is 0 Å². The van der Waals surface area contributed by atoms with Crippen LogP contribution in [0, 0.1) is 0 Å². The van der Waals surface area contributed by atoms with Crippen molar-refractivity contribution in [2.75, 3.05) is 0 Å². The molecule has 1 aromatic carbocycles. The number of imidazole rings is 1. The predicted octanol–water partition coefficient (Wildman–Crippen LogP) is 3.93. The lowest BCUT2D eigenvalue weighted by atomic mass is 9.95. The summed E-state index contributed by atoms with van der Waals surface area (Å²) < 4.78 is 3.22. The van der Waals surface area contributed by atoms with Gasteiger partial charge in [-0.2, -0.15) is 0 Å². The fraction of sp³-hybridized carbons (Fsp3) is 0.308. The van der Waals surface area contributed by atoms with Crippen LogP contribution in [0.3, 0.4) is 0 Å². The number of aromatic nitrogens is 2. The number of hydrogen-bond donors (Lipinski definition) is 0. The molecule has 0 amide bonds. The van der Waals surface area contributed by atoms with Crippen LogP contribution in [0.2, 0.25) is 0 Å². The highest BCUT2D eigenvalue weighted by atomic mass is 79.9. The zero-order valence-corrected chi connectivity index (χ0v) is 11.3. The molecule has 0 saturated carbocycles. The Morgan fingerprint density at radius 2 is 1.75 bits per heavy atom. The minimum absolute atomic E-state index is 0.0522. The van der Waals surface area contributed by atoms with Crippen molar-refractivity contribution in [1.29, 1.82) is 0 Å².